The van der Waals surface area contributed by atoms with Gasteiger partial charge >= 0.3 is 0 Å². The van der Waals surface area contributed by atoms with Gasteiger partial charge in [0.05, 0.1) is 18.2 Å². The fourth-order valence-corrected chi connectivity index (χ4v) is 1.64. The molecule has 0 aliphatic carbocycles. The van der Waals surface area contributed by atoms with Crippen molar-refractivity contribution < 1.29 is 4.74 Å². The highest BCUT2D eigenvalue weighted by Crippen LogP contribution is 2.22. The molecule has 0 bridgehead atoms. The molecule has 0 saturated carbocycles. The zero-order valence-electron chi connectivity index (χ0n) is 8.34. The minimum absolute atomic E-state index is 0.178. The van der Waals surface area contributed by atoms with Crippen LogP contribution < -0.4 is 11.3 Å². The van der Waals surface area contributed by atoms with E-state index in [0.717, 1.165) is 19.3 Å². The minimum Gasteiger partial charge on any atom is -0.374 e. The first-order chi connectivity index (χ1) is 6.27. The molecule has 1 aliphatic rings. The third-order valence-electron chi connectivity index (χ3n) is 2.43. The number of hydrogen-bond acceptors (Lipinski definition) is 3. The number of hydrogen-bond donors (Lipinski definition) is 2. The number of hydrazine groups is 1. The van der Waals surface area contributed by atoms with E-state index in [-0.39, 0.29) is 12.1 Å². The van der Waals surface area contributed by atoms with E-state index in [0.29, 0.717) is 6.10 Å². The van der Waals surface area contributed by atoms with Crippen molar-refractivity contribution in [1.82, 2.24) is 5.43 Å². The van der Waals surface area contributed by atoms with Gasteiger partial charge < -0.3 is 4.74 Å². The third-order valence-corrected chi connectivity index (χ3v) is 2.43. The van der Waals surface area contributed by atoms with Crippen molar-refractivity contribution in [3.63, 3.8) is 0 Å². The van der Waals surface area contributed by atoms with Crippen LogP contribution in [-0.4, -0.2) is 18.2 Å². The van der Waals surface area contributed by atoms with Crippen molar-refractivity contribution in [2.45, 2.75) is 51.4 Å². The second-order valence-corrected chi connectivity index (χ2v) is 3.47. The monoisotopic (exact) mass is 182 g/mol. The van der Waals surface area contributed by atoms with Crippen LogP contribution in [-0.2, 0) is 4.74 Å². The fourth-order valence-electron chi connectivity index (χ4n) is 1.64. The largest absolute Gasteiger partial charge is 0.374 e. The van der Waals surface area contributed by atoms with Gasteiger partial charge in [0.2, 0.25) is 0 Å². The molecular formula is C10H18N2O. The number of ether oxygens (including phenoxy) is 1. The van der Waals surface area contributed by atoms with Crippen molar-refractivity contribution in [2.75, 3.05) is 0 Å². The van der Waals surface area contributed by atoms with E-state index in [9.17, 15) is 0 Å². The Morgan fingerprint density at radius 3 is 2.85 bits per heavy atom. The molecule has 13 heavy (non-hydrogen) atoms. The Morgan fingerprint density at radius 2 is 2.38 bits per heavy atom. The highest BCUT2D eigenvalue weighted by molar-refractivity contribution is 5.00. The zero-order chi connectivity index (χ0) is 9.68. The van der Waals surface area contributed by atoms with Crippen LogP contribution in [0, 0.1) is 11.8 Å². The van der Waals surface area contributed by atoms with Crippen molar-refractivity contribution in [3.05, 3.63) is 0 Å². The van der Waals surface area contributed by atoms with Crippen LogP contribution in [0.4, 0.5) is 0 Å². The molecule has 1 saturated heterocycles. The molecule has 0 aromatic heterocycles. The molecule has 0 radical (unpaired) electrons. The van der Waals surface area contributed by atoms with Crippen molar-refractivity contribution in [3.8, 4) is 11.8 Å². The average Bonchev–Trinajstić information content (AvgIpc) is 2.54. The topological polar surface area (TPSA) is 47.3 Å². The molecule has 0 aromatic carbocycles. The zero-order valence-corrected chi connectivity index (χ0v) is 8.34. The van der Waals surface area contributed by atoms with Gasteiger partial charge in [0, 0.05) is 6.42 Å². The van der Waals surface area contributed by atoms with Crippen molar-refractivity contribution in [2.24, 2.45) is 5.84 Å². The van der Waals surface area contributed by atoms with E-state index in [1.165, 1.54) is 0 Å². The van der Waals surface area contributed by atoms with E-state index in [1.54, 1.807) is 0 Å². The van der Waals surface area contributed by atoms with Crippen LogP contribution in [0.3, 0.4) is 0 Å². The maximum absolute atomic E-state index is 5.70. The first-order valence-electron chi connectivity index (χ1n) is 4.79. The van der Waals surface area contributed by atoms with Gasteiger partial charge in [-0.25, -0.2) is 0 Å². The lowest BCUT2D eigenvalue weighted by Crippen LogP contribution is -2.43. The summed E-state index contributed by atoms with van der Waals surface area (Å²) in [6, 6.07) is 0.178. The summed E-state index contributed by atoms with van der Waals surface area (Å²) >= 11 is 0. The third kappa shape index (κ3) is 3.00. The standard InChI is InChI=1S/C10H18N2O/c1-3-4-5-9(12-11)10-7-6-8(2)13-10/h8-10,12H,5-7,11H2,1-2H3. The summed E-state index contributed by atoms with van der Waals surface area (Å²) in [5.74, 6) is 11.3. The van der Waals surface area contributed by atoms with E-state index < -0.39 is 0 Å². The van der Waals surface area contributed by atoms with Gasteiger partial charge in [0.25, 0.3) is 0 Å². The summed E-state index contributed by atoms with van der Waals surface area (Å²) in [5, 5.41) is 0. The predicted molar refractivity (Wildman–Crippen MR) is 52.7 cm³/mol. The molecule has 3 nitrogen and oxygen atoms in total. The predicted octanol–water partition coefficient (Wildman–Crippen LogP) is 0.799. The SMILES string of the molecule is CC#CCC(NN)C1CCC(C)O1. The summed E-state index contributed by atoms with van der Waals surface area (Å²) in [4.78, 5) is 0. The molecule has 0 amide bonds. The van der Waals surface area contributed by atoms with Gasteiger partial charge in [0.1, 0.15) is 0 Å². The highest BCUT2D eigenvalue weighted by atomic mass is 16.5. The van der Waals surface area contributed by atoms with Crippen molar-refractivity contribution >= 4 is 0 Å². The Kier molecular flexibility index (Phi) is 4.23. The molecule has 3 N–H and O–H groups in total. The van der Waals surface area contributed by atoms with E-state index in [2.05, 4.69) is 24.2 Å². The second kappa shape index (κ2) is 5.23. The Hall–Kier alpha value is -0.560. The molecule has 0 spiro atoms. The fraction of sp³-hybridized carbons (Fsp3) is 0.800. The Balaban J connectivity index is 2.40. The first kappa shape index (κ1) is 10.5. The van der Waals surface area contributed by atoms with Gasteiger partial charge in [-0.1, -0.05) is 0 Å². The van der Waals surface area contributed by atoms with E-state index in [4.69, 9.17) is 10.6 Å². The Morgan fingerprint density at radius 1 is 1.62 bits per heavy atom. The van der Waals surface area contributed by atoms with Gasteiger partial charge in [0.15, 0.2) is 0 Å². The Bertz CT molecular complexity index is 207. The minimum atomic E-state index is 0.178. The van der Waals surface area contributed by atoms with Crippen LogP contribution >= 0.6 is 0 Å². The van der Waals surface area contributed by atoms with E-state index in [1.807, 2.05) is 6.92 Å². The average molecular weight is 182 g/mol. The van der Waals surface area contributed by atoms with Gasteiger partial charge in [-0.05, 0) is 26.7 Å². The highest BCUT2D eigenvalue weighted by Gasteiger charge is 2.28. The molecule has 1 fully saturated rings. The number of rotatable bonds is 3. The number of nitrogens with one attached hydrogen (secondary N) is 1. The molecular weight excluding hydrogens is 164 g/mol. The smallest absolute Gasteiger partial charge is 0.0755 e. The molecule has 74 valence electrons. The van der Waals surface area contributed by atoms with Gasteiger partial charge in [-0.15, -0.1) is 11.8 Å². The lowest BCUT2D eigenvalue weighted by atomic mass is 10.1. The molecule has 1 rings (SSSR count). The molecule has 1 aliphatic heterocycles. The van der Waals surface area contributed by atoms with Crippen LogP contribution in [0.15, 0.2) is 0 Å². The van der Waals surface area contributed by atoms with E-state index >= 15 is 0 Å². The second-order valence-electron chi connectivity index (χ2n) is 3.47. The van der Waals surface area contributed by atoms with Crippen LogP contribution in [0.5, 0.6) is 0 Å². The lowest BCUT2D eigenvalue weighted by Gasteiger charge is -2.20. The maximum atomic E-state index is 5.70. The summed E-state index contributed by atoms with van der Waals surface area (Å²) in [6.07, 6.45) is 3.59. The quantitative estimate of drug-likeness (QED) is 0.385. The molecule has 3 atom stereocenters. The molecule has 0 aromatic rings. The van der Waals surface area contributed by atoms with Crippen LogP contribution in [0.25, 0.3) is 0 Å². The summed E-state index contributed by atoms with van der Waals surface area (Å²) in [5.41, 5.74) is 2.77. The van der Waals surface area contributed by atoms with Crippen LogP contribution in [0.2, 0.25) is 0 Å². The lowest BCUT2D eigenvalue weighted by molar-refractivity contribution is 0.0331. The Labute approximate surface area is 80.0 Å². The summed E-state index contributed by atoms with van der Waals surface area (Å²) < 4.78 is 5.70. The summed E-state index contributed by atoms with van der Waals surface area (Å²) in [7, 11) is 0. The first-order valence-corrected chi connectivity index (χ1v) is 4.79. The number of nitrogens with two attached hydrogens (primary N) is 1. The molecule has 1 heterocycles. The van der Waals surface area contributed by atoms with Gasteiger partial charge in [-0.2, -0.15) is 0 Å². The maximum Gasteiger partial charge on any atom is 0.0755 e. The summed E-state index contributed by atoms with van der Waals surface area (Å²) in [6.45, 7) is 3.94. The molecule has 3 heteroatoms. The normalized spacial score (nSPS) is 29.5. The van der Waals surface area contributed by atoms with Crippen molar-refractivity contribution in [1.29, 1.82) is 0 Å². The van der Waals surface area contributed by atoms with Gasteiger partial charge in [-0.3, -0.25) is 11.3 Å². The molecule has 3 unspecified atom stereocenters. The van der Waals surface area contributed by atoms with Crippen LogP contribution in [0.1, 0.15) is 33.1 Å².